The predicted molar refractivity (Wildman–Crippen MR) is 61.7 cm³/mol. The summed E-state index contributed by atoms with van der Waals surface area (Å²) in [7, 11) is 0. The van der Waals surface area contributed by atoms with Gasteiger partial charge in [-0.2, -0.15) is 17.9 Å². The molecular weight excluding hydrogens is 206 g/mol. The first-order valence-electron chi connectivity index (χ1n) is 4.38. The van der Waals surface area contributed by atoms with E-state index < -0.39 is 0 Å². The first kappa shape index (κ1) is 11.4. The van der Waals surface area contributed by atoms with Crippen LogP contribution in [0.25, 0.3) is 0 Å². The van der Waals surface area contributed by atoms with E-state index in [4.69, 9.17) is 5.26 Å². The fraction of sp³-hybridized carbons (Fsp3) is 0.167. The maximum atomic E-state index is 11.5. The zero-order chi connectivity index (χ0) is 11.1. The Bertz CT molecular complexity index is 462. The molecule has 0 aliphatic heterocycles. The summed E-state index contributed by atoms with van der Waals surface area (Å²) in [6, 6.07) is 8.86. The Kier molecular flexibility index (Phi) is 4.47. The molecule has 0 aliphatic rings. The lowest BCUT2D eigenvalue weighted by molar-refractivity contribution is 0.0997. The standard InChI is InChI=1S/C12H9NOS/c13-8-7-12(14)11-6-2-1-4-10(11)5-3-9-15/h1-2,4,6,15H,7,9H2. The van der Waals surface area contributed by atoms with Crippen molar-refractivity contribution in [3.8, 4) is 17.9 Å². The zero-order valence-electron chi connectivity index (χ0n) is 8.03. The number of ketones is 1. The highest BCUT2D eigenvalue weighted by atomic mass is 32.1. The van der Waals surface area contributed by atoms with Crippen molar-refractivity contribution in [3.63, 3.8) is 0 Å². The summed E-state index contributed by atoms with van der Waals surface area (Å²) in [5.41, 5.74) is 1.17. The first-order valence-corrected chi connectivity index (χ1v) is 5.01. The van der Waals surface area contributed by atoms with Crippen molar-refractivity contribution >= 4 is 18.4 Å². The molecule has 0 atom stereocenters. The molecule has 0 spiro atoms. The minimum atomic E-state index is -0.193. The Hall–Kier alpha value is -1.71. The molecular formula is C12H9NOS. The lowest BCUT2D eigenvalue weighted by Crippen LogP contribution is -2.00. The van der Waals surface area contributed by atoms with Crippen molar-refractivity contribution in [2.75, 3.05) is 5.75 Å². The van der Waals surface area contributed by atoms with Gasteiger partial charge >= 0.3 is 0 Å². The summed E-state index contributed by atoms with van der Waals surface area (Å²) in [5.74, 6) is 5.88. The molecule has 0 amide bonds. The number of carbonyl (C=O) groups is 1. The van der Waals surface area contributed by atoms with Crippen LogP contribution in [0.1, 0.15) is 22.3 Å². The number of nitrogens with zero attached hydrogens (tertiary/aromatic N) is 1. The van der Waals surface area contributed by atoms with Crippen LogP contribution in [-0.4, -0.2) is 11.5 Å². The van der Waals surface area contributed by atoms with Crippen LogP contribution < -0.4 is 0 Å². The average molecular weight is 215 g/mol. The van der Waals surface area contributed by atoms with Crippen LogP contribution in [0.15, 0.2) is 24.3 Å². The summed E-state index contributed by atoms with van der Waals surface area (Å²) in [6.07, 6.45) is -0.112. The van der Waals surface area contributed by atoms with E-state index in [1.54, 1.807) is 18.2 Å². The van der Waals surface area contributed by atoms with E-state index in [0.29, 0.717) is 16.9 Å². The molecule has 2 nitrogen and oxygen atoms in total. The Labute approximate surface area is 94.3 Å². The van der Waals surface area contributed by atoms with Crippen LogP contribution in [-0.2, 0) is 0 Å². The number of Topliss-reactive ketones (excluding diaryl/α,β-unsaturated/α-hetero) is 1. The number of nitriles is 1. The van der Waals surface area contributed by atoms with Gasteiger partial charge in [0.15, 0.2) is 5.78 Å². The van der Waals surface area contributed by atoms with Crippen molar-refractivity contribution in [1.82, 2.24) is 0 Å². The summed E-state index contributed by atoms with van der Waals surface area (Å²) in [4.78, 5) is 11.5. The van der Waals surface area contributed by atoms with Gasteiger partial charge < -0.3 is 0 Å². The van der Waals surface area contributed by atoms with Crippen LogP contribution >= 0.6 is 12.6 Å². The molecule has 0 heterocycles. The minimum absolute atomic E-state index is 0.112. The number of hydrogen-bond acceptors (Lipinski definition) is 3. The van der Waals surface area contributed by atoms with Crippen molar-refractivity contribution < 1.29 is 4.79 Å². The number of benzene rings is 1. The quantitative estimate of drug-likeness (QED) is 0.466. The molecule has 0 N–H and O–H groups in total. The van der Waals surface area contributed by atoms with E-state index in [1.165, 1.54) is 0 Å². The summed E-state index contributed by atoms with van der Waals surface area (Å²) >= 11 is 3.97. The van der Waals surface area contributed by atoms with E-state index in [-0.39, 0.29) is 12.2 Å². The highest BCUT2D eigenvalue weighted by molar-refractivity contribution is 7.80. The van der Waals surface area contributed by atoms with E-state index in [2.05, 4.69) is 24.5 Å². The maximum absolute atomic E-state index is 11.5. The average Bonchev–Trinajstić information content (AvgIpc) is 2.27. The molecule has 0 aliphatic carbocycles. The SMILES string of the molecule is N#CCC(=O)c1ccccc1C#CCS. The molecule has 1 rings (SSSR count). The monoisotopic (exact) mass is 215 g/mol. The van der Waals surface area contributed by atoms with E-state index >= 15 is 0 Å². The Morgan fingerprint density at radius 3 is 2.80 bits per heavy atom. The van der Waals surface area contributed by atoms with Gasteiger partial charge in [-0.1, -0.05) is 30.0 Å². The second-order valence-electron chi connectivity index (χ2n) is 2.76. The maximum Gasteiger partial charge on any atom is 0.178 e. The fourth-order valence-electron chi connectivity index (χ4n) is 1.14. The van der Waals surface area contributed by atoms with Gasteiger partial charge in [0.1, 0.15) is 0 Å². The highest BCUT2D eigenvalue weighted by Gasteiger charge is 2.08. The van der Waals surface area contributed by atoms with Gasteiger partial charge in [-0.15, -0.1) is 0 Å². The molecule has 0 aromatic heterocycles. The van der Waals surface area contributed by atoms with Crippen molar-refractivity contribution in [3.05, 3.63) is 35.4 Å². The molecule has 0 saturated carbocycles. The molecule has 0 bridgehead atoms. The van der Waals surface area contributed by atoms with Gasteiger partial charge in [-0.05, 0) is 6.07 Å². The Morgan fingerprint density at radius 1 is 1.40 bits per heavy atom. The fourth-order valence-corrected chi connectivity index (χ4v) is 1.22. The molecule has 1 aromatic carbocycles. The molecule has 15 heavy (non-hydrogen) atoms. The Balaban J connectivity index is 3.07. The zero-order valence-corrected chi connectivity index (χ0v) is 8.92. The van der Waals surface area contributed by atoms with Crippen molar-refractivity contribution in [2.24, 2.45) is 0 Å². The van der Waals surface area contributed by atoms with E-state index in [0.717, 1.165) is 0 Å². The molecule has 0 radical (unpaired) electrons. The van der Waals surface area contributed by atoms with E-state index in [9.17, 15) is 4.79 Å². The Morgan fingerprint density at radius 2 is 2.13 bits per heavy atom. The topological polar surface area (TPSA) is 40.9 Å². The normalized spacial score (nSPS) is 8.53. The van der Waals surface area contributed by atoms with Crippen LogP contribution in [0.5, 0.6) is 0 Å². The van der Waals surface area contributed by atoms with Crippen LogP contribution in [0.4, 0.5) is 0 Å². The predicted octanol–water partition coefficient (Wildman–Crippen LogP) is 2.06. The molecule has 0 saturated heterocycles. The molecule has 0 unspecified atom stereocenters. The number of carbonyl (C=O) groups excluding carboxylic acids is 1. The third-order valence-electron chi connectivity index (χ3n) is 1.77. The van der Waals surface area contributed by atoms with Gasteiger partial charge in [0.25, 0.3) is 0 Å². The van der Waals surface area contributed by atoms with Crippen molar-refractivity contribution in [2.45, 2.75) is 6.42 Å². The van der Waals surface area contributed by atoms with Crippen LogP contribution in [0.2, 0.25) is 0 Å². The van der Waals surface area contributed by atoms with Gasteiger partial charge in [-0.25, -0.2) is 0 Å². The lowest BCUT2D eigenvalue weighted by atomic mass is 10.0. The highest BCUT2D eigenvalue weighted by Crippen LogP contribution is 2.09. The number of hydrogen-bond donors (Lipinski definition) is 1. The second kappa shape index (κ2) is 5.90. The minimum Gasteiger partial charge on any atom is -0.293 e. The van der Waals surface area contributed by atoms with Crippen LogP contribution in [0.3, 0.4) is 0 Å². The summed E-state index contributed by atoms with van der Waals surface area (Å²) < 4.78 is 0. The van der Waals surface area contributed by atoms with Gasteiger partial charge in [0.05, 0.1) is 18.2 Å². The molecule has 1 aromatic rings. The van der Waals surface area contributed by atoms with Crippen LogP contribution in [0, 0.1) is 23.2 Å². The number of rotatable bonds is 2. The van der Waals surface area contributed by atoms with Gasteiger partial charge in [-0.3, -0.25) is 4.79 Å². The smallest absolute Gasteiger partial charge is 0.178 e. The second-order valence-corrected chi connectivity index (χ2v) is 3.08. The number of thiol groups is 1. The summed E-state index contributed by atoms with van der Waals surface area (Å²) in [6.45, 7) is 0. The largest absolute Gasteiger partial charge is 0.293 e. The first-order chi connectivity index (χ1) is 7.29. The van der Waals surface area contributed by atoms with Gasteiger partial charge in [0, 0.05) is 11.1 Å². The molecule has 74 valence electrons. The third-order valence-corrected chi connectivity index (χ3v) is 1.93. The third kappa shape index (κ3) is 3.16. The summed E-state index contributed by atoms with van der Waals surface area (Å²) in [5, 5.41) is 8.45. The lowest BCUT2D eigenvalue weighted by Gasteiger charge is -1.99. The molecule has 3 heteroatoms. The van der Waals surface area contributed by atoms with E-state index in [1.807, 2.05) is 12.1 Å². The van der Waals surface area contributed by atoms with Gasteiger partial charge in [0.2, 0.25) is 0 Å². The molecule has 0 fully saturated rings. The van der Waals surface area contributed by atoms with Crippen molar-refractivity contribution in [1.29, 1.82) is 5.26 Å².